The van der Waals surface area contributed by atoms with E-state index in [1.54, 1.807) is 15.4 Å². The first-order valence-electron chi connectivity index (χ1n) is 11.7. The number of esters is 1. The van der Waals surface area contributed by atoms with Gasteiger partial charge < -0.3 is 9.64 Å². The van der Waals surface area contributed by atoms with Crippen LogP contribution in [0.2, 0.25) is 0 Å². The largest absolute Gasteiger partial charge is 0.461 e. The summed E-state index contributed by atoms with van der Waals surface area (Å²) in [5.41, 5.74) is 3.28. The number of para-hydroxylation sites is 1. The van der Waals surface area contributed by atoms with Gasteiger partial charge in [0.25, 0.3) is 0 Å². The Hall–Kier alpha value is -1.65. The molecule has 4 heteroatoms. The maximum absolute atomic E-state index is 12.8. The van der Waals surface area contributed by atoms with Gasteiger partial charge in [0.1, 0.15) is 43.9 Å². The van der Waals surface area contributed by atoms with Gasteiger partial charge in [0.15, 0.2) is 0 Å². The third-order valence-corrected chi connectivity index (χ3v) is 8.33. The third-order valence-electron chi connectivity index (χ3n) is 8.33. The van der Waals surface area contributed by atoms with E-state index in [4.69, 9.17) is 4.74 Å². The number of carbonyl (C=O) groups excluding carboxylic acids is 1. The fraction of sp³-hybridized carbons (Fsp3) is 0.640. The van der Waals surface area contributed by atoms with Crippen LogP contribution >= 0.6 is 0 Å². The maximum atomic E-state index is 12.8. The second kappa shape index (κ2) is 7.55. The number of hydrogen-bond donors (Lipinski definition) is 2. The summed E-state index contributed by atoms with van der Waals surface area (Å²) in [6, 6.07) is 10.8. The van der Waals surface area contributed by atoms with Crippen LogP contribution in [0.1, 0.15) is 39.5 Å². The van der Waals surface area contributed by atoms with Gasteiger partial charge in [-0.3, -0.25) is 9.69 Å². The lowest BCUT2D eigenvalue weighted by atomic mass is 9.59. The number of quaternary nitrogens is 2. The third kappa shape index (κ3) is 3.55. The van der Waals surface area contributed by atoms with Crippen LogP contribution in [-0.4, -0.2) is 44.8 Å². The number of fused-ring (bicyclic) bond motifs is 2. The first-order chi connectivity index (χ1) is 14.0. The van der Waals surface area contributed by atoms with Crippen LogP contribution in [0.3, 0.4) is 0 Å². The molecule has 0 amide bonds. The van der Waals surface area contributed by atoms with Gasteiger partial charge in [0, 0.05) is 5.92 Å². The van der Waals surface area contributed by atoms with E-state index >= 15 is 0 Å². The van der Waals surface area contributed by atoms with Crippen LogP contribution in [0.25, 0.3) is 0 Å². The van der Waals surface area contributed by atoms with E-state index < -0.39 is 0 Å². The summed E-state index contributed by atoms with van der Waals surface area (Å²) in [5.74, 6) is 1.09. The zero-order valence-electron chi connectivity index (χ0n) is 18.0. The van der Waals surface area contributed by atoms with Crippen molar-refractivity contribution in [3.63, 3.8) is 0 Å². The number of carbonyl (C=O) groups is 1. The van der Waals surface area contributed by atoms with Crippen molar-refractivity contribution < 1.29 is 19.3 Å². The van der Waals surface area contributed by atoms with E-state index in [1.165, 1.54) is 24.9 Å². The first kappa shape index (κ1) is 19.3. The van der Waals surface area contributed by atoms with Crippen LogP contribution in [0.4, 0.5) is 5.69 Å². The van der Waals surface area contributed by atoms with Crippen molar-refractivity contribution >= 4 is 11.7 Å². The molecule has 29 heavy (non-hydrogen) atoms. The highest BCUT2D eigenvalue weighted by atomic mass is 16.6. The summed E-state index contributed by atoms with van der Waals surface area (Å²) >= 11 is 0. The van der Waals surface area contributed by atoms with Crippen molar-refractivity contribution in [2.24, 2.45) is 23.2 Å². The lowest BCUT2D eigenvalue weighted by Gasteiger charge is -2.46. The summed E-state index contributed by atoms with van der Waals surface area (Å²) in [4.78, 5) is 16.0. The summed E-state index contributed by atoms with van der Waals surface area (Å²) < 4.78 is 5.96. The normalized spacial score (nSPS) is 41.9. The van der Waals surface area contributed by atoms with Crippen LogP contribution in [0.15, 0.2) is 42.0 Å². The molecule has 2 N–H and O–H groups in total. The molecule has 2 heterocycles. The molecule has 0 unspecified atom stereocenters. The van der Waals surface area contributed by atoms with Gasteiger partial charge in [-0.1, -0.05) is 50.1 Å². The molecule has 1 saturated carbocycles. The summed E-state index contributed by atoms with van der Waals surface area (Å²) in [6.07, 6.45) is 7.51. The average molecular weight is 397 g/mol. The maximum Gasteiger partial charge on any atom is 0.315 e. The predicted molar refractivity (Wildman–Crippen MR) is 113 cm³/mol. The van der Waals surface area contributed by atoms with E-state index in [-0.39, 0.29) is 23.4 Å². The second-order valence-electron chi connectivity index (χ2n) is 10.3. The standard InChI is InChI=1S/C25H34N2O2/c1-18-7-6-10-25(2)16-23-20(15-22(18)25)21(24(28)29-23)17-26-11-13-27(14-12-26)19-8-4-3-5-9-19/h3-5,8-9,15,18,20-21,23H,6-7,10-14,16-17H2,1-2H3/p+2/t18-,20+,21+,23+,25+/m0/s1. The minimum atomic E-state index is 0.0550. The van der Waals surface area contributed by atoms with E-state index in [1.807, 2.05) is 0 Å². The van der Waals surface area contributed by atoms with E-state index in [9.17, 15) is 4.79 Å². The lowest BCUT2D eigenvalue weighted by molar-refractivity contribution is -0.987. The van der Waals surface area contributed by atoms with Crippen LogP contribution in [0.5, 0.6) is 0 Å². The lowest BCUT2D eigenvalue weighted by Crippen LogP contribution is -3.26. The molecule has 2 aliphatic carbocycles. The van der Waals surface area contributed by atoms with E-state index in [0.29, 0.717) is 11.8 Å². The molecule has 2 aliphatic heterocycles. The quantitative estimate of drug-likeness (QED) is 0.599. The molecule has 156 valence electrons. The van der Waals surface area contributed by atoms with Gasteiger partial charge in [-0.25, -0.2) is 0 Å². The highest BCUT2D eigenvalue weighted by Gasteiger charge is 2.53. The smallest absolute Gasteiger partial charge is 0.315 e. The molecule has 3 fully saturated rings. The number of piperazine rings is 1. The fourth-order valence-corrected chi connectivity index (χ4v) is 6.66. The molecule has 0 aromatic heterocycles. The van der Waals surface area contributed by atoms with Crippen molar-refractivity contribution in [1.29, 1.82) is 0 Å². The highest BCUT2D eigenvalue weighted by Crippen LogP contribution is 2.53. The van der Waals surface area contributed by atoms with E-state index in [0.717, 1.165) is 39.1 Å². The van der Waals surface area contributed by atoms with Gasteiger partial charge in [0.05, 0.1) is 6.54 Å². The van der Waals surface area contributed by atoms with Gasteiger partial charge >= 0.3 is 5.97 Å². The van der Waals surface area contributed by atoms with Gasteiger partial charge in [0.2, 0.25) is 0 Å². The van der Waals surface area contributed by atoms with Crippen LogP contribution in [-0.2, 0) is 9.53 Å². The molecule has 5 rings (SSSR count). The van der Waals surface area contributed by atoms with Gasteiger partial charge in [-0.2, -0.15) is 0 Å². The van der Waals surface area contributed by atoms with Crippen molar-refractivity contribution in [2.75, 3.05) is 32.7 Å². The molecular formula is C25H36N2O2+2. The first-order valence-corrected chi connectivity index (χ1v) is 11.7. The minimum Gasteiger partial charge on any atom is -0.461 e. The summed E-state index contributed by atoms with van der Waals surface area (Å²) in [6.45, 7) is 10.3. The number of rotatable bonds is 3. The predicted octanol–water partition coefficient (Wildman–Crippen LogP) is 1.42. The molecular weight excluding hydrogens is 360 g/mol. The Labute approximate surface area is 174 Å². The number of ether oxygens (including phenoxy) is 1. The van der Waals surface area contributed by atoms with Gasteiger partial charge in [-0.15, -0.1) is 0 Å². The number of allylic oxidation sites excluding steroid dienone is 1. The molecule has 2 saturated heterocycles. The summed E-state index contributed by atoms with van der Waals surface area (Å²) in [5, 5.41) is 0. The average Bonchev–Trinajstić information content (AvgIpc) is 3.01. The Bertz CT molecular complexity index is 783. The summed E-state index contributed by atoms with van der Waals surface area (Å²) in [7, 11) is 0. The molecule has 1 aromatic rings. The highest BCUT2D eigenvalue weighted by molar-refractivity contribution is 5.76. The SMILES string of the molecule is C[C@H]1CCC[C@]2(C)C[C@H]3OC(=O)[C@H](C[NH+]4CC[NH+](c5ccccc5)CC4)[C@H]3C=C12. The second-order valence-corrected chi connectivity index (χ2v) is 10.3. The van der Waals surface area contributed by atoms with E-state index in [2.05, 4.69) is 50.3 Å². The zero-order valence-corrected chi connectivity index (χ0v) is 18.0. The molecule has 5 atom stereocenters. The Balaban J connectivity index is 1.27. The molecule has 0 bridgehead atoms. The van der Waals surface area contributed by atoms with Crippen molar-refractivity contribution in [3.05, 3.63) is 42.0 Å². The van der Waals surface area contributed by atoms with Crippen LogP contribution in [0, 0.1) is 23.2 Å². The Kier molecular flexibility index (Phi) is 5.03. The van der Waals surface area contributed by atoms with Crippen molar-refractivity contribution in [1.82, 2.24) is 0 Å². The molecule has 1 aromatic carbocycles. The Morgan fingerprint density at radius 2 is 1.90 bits per heavy atom. The van der Waals surface area contributed by atoms with Crippen LogP contribution < -0.4 is 9.80 Å². The number of hydrogen-bond acceptors (Lipinski definition) is 2. The van der Waals surface area contributed by atoms with Crippen molar-refractivity contribution in [3.8, 4) is 0 Å². The molecule has 4 nitrogen and oxygen atoms in total. The van der Waals surface area contributed by atoms with Gasteiger partial charge in [-0.05, 0) is 42.7 Å². The monoisotopic (exact) mass is 396 g/mol. The number of benzene rings is 1. The zero-order chi connectivity index (χ0) is 20.0. The van der Waals surface area contributed by atoms with Crippen molar-refractivity contribution in [2.45, 2.75) is 45.6 Å². The number of nitrogens with one attached hydrogen (secondary N) is 2. The molecule has 0 spiro atoms. The topological polar surface area (TPSA) is 35.2 Å². The fourth-order valence-electron chi connectivity index (χ4n) is 6.66. The molecule has 0 radical (unpaired) electrons. The minimum absolute atomic E-state index is 0.0550. The Morgan fingerprint density at radius 3 is 2.66 bits per heavy atom. The Morgan fingerprint density at radius 1 is 1.14 bits per heavy atom. The molecule has 4 aliphatic rings.